The van der Waals surface area contributed by atoms with Crippen molar-refractivity contribution >= 4 is 0 Å². The normalized spacial score (nSPS) is 8.91. The Balaban J connectivity index is 0.000001000. The number of hydrogen-bond acceptors (Lipinski definition) is 0. The molecule has 0 heterocycles. The van der Waals surface area contributed by atoms with Crippen LogP contribution in [0.2, 0.25) is 5.02 Å². The molecule has 0 saturated carbocycles. The van der Waals surface area contributed by atoms with E-state index >= 15 is 0 Å². The molecule has 1 aromatic rings. The first kappa shape index (κ1) is 11.6. The van der Waals surface area contributed by atoms with Gasteiger partial charge >= 0.3 is 72.1 Å². The summed E-state index contributed by atoms with van der Waals surface area (Å²) in [7, 11) is 0. The minimum absolute atomic E-state index is 0. The van der Waals surface area contributed by atoms with E-state index in [9.17, 15) is 0 Å². The molecule has 0 nitrogen and oxygen atoms in total. The molecular weight excluding hydrogens is 300 g/mol. The Kier molecular flexibility index (Phi) is 7.61. The first-order valence-electron chi connectivity index (χ1n) is 3.76. The molecule has 0 aliphatic heterocycles. The molecule has 0 saturated heterocycles. The van der Waals surface area contributed by atoms with Gasteiger partial charge in [-0.1, -0.05) is 0 Å². The van der Waals surface area contributed by atoms with Gasteiger partial charge in [0.05, 0.1) is 0 Å². The van der Waals surface area contributed by atoms with Crippen molar-refractivity contribution in [2.24, 2.45) is 0 Å². The molecule has 0 spiro atoms. The third kappa shape index (κ3) is 4.92. The number of benzene rings is 1. The van der Waals surface area contributed by atoms with E-state index in [4.69, 9.17) is 0 Å². The molecule has 0 atom stereocenters. The van der Waals surface area contributed by atoms with Gasteiger partial charge in [0.1, 0.15) is 0 Å². The van der Waals surface area contributed by atoms with Gasteiger partial charge in [0.25, 0.3) is 0 Å². The molecule has 1 rings (SSSR count). The average molecular weight is 311 g/mol. The van der Waals surface area contributed by atoms with Crippen molar-refractivity contribution in [1.29, 1.82) is 0 Å². The second-order valence-electron chi connectivity index (χ2n) is 2.44. The van der Waals surface area contributed by atoms with Crippen molar-refractivity contribution in [2.75, 3.05) is 0 Å². The van der Waals surface area contributed by atoms with E-state index in [1.807, 2.05) is 0 Å². The Morgan fingerprint density at radius 1 is 1.09 bits per heavy atom. The van der Waals surface area contributed by atoms with Crippen molar-refractivity contribution in [3.8, 4) is 0 Å². The van der Waals surface area contributed by atoms with Crippen LogP contribution in [-0.2, 0) is 24.7 Å². The maximum absolute atomic E-state index is 2.20. The zero-order valence-electron chi connectivity index (χ0n) is 6.59. The number of aryl methyl sites for hydroxylation is 1. The molecule has 0 fully saturated rings. The van der Waals surface area contributed by atoms with Crippen molar-refractivity contribution in [3.63, 3.8) is 0 Å². The van der Waals surface area contributed by atoms with Crippen LogP contribution in [0.15, 0.2) is 30.3 Å². The summed E-state index contributed by atoms with van der Waals surface area (Å²) in [5, 5.41) is 1.41. The van der Waals surface area contributed by atoms with Gasteiger partial charge in [-0.25, -0.2) is 0 Å². The molecule has 56 valence electrons. The van der Waals surface area contributed by atoms with Gasteiger partial charge in [0.2, 0.25) is 0 Å². The van der Waals surface area contributed by atoms with Gasteiger partial charge in [-0.2, -0.15) is 0 Å². The van der Waals surface area contributed by atoms with Gasteiger partial charge in [-0.3, -0.25) is 0 Å². The van der Waals surface area contributed by atoms with E-state index in [0.717, 1.165) is 0 Å². The van der Waals surface area contributed by atoms with E-state index < -0.39 is 0 Å². The molecule has 0 radical (unpaired) electrons. The van der Waals surface area contributed by atoms with Crippen molar-refractivity contribution in [2.45, 2.75) is 17.9 Å². The summed E-state index contributed by atoms with van der Waals surface area (Å²) >= 11 is 1.44. The SMILES string of the molecule is [I-].[Zn+][CH2]CCc1ccccc1. The molecule has 2 heteroatoms. The molecule has 0 bridgehead atoms. The standard InChI is InChI=1S/C9H11.HI.Zn/c1-2-6-9-7-4-3-5-8-9;;/h3-5,7-8H,1-2,6H2;1H;/q;;+1/p-1. The van der Waals surface area contributed by atoms with Crippen molar-refractivity contribution < 1.29 is 42.3 Å². The molecular formula is C9H11IZn. The Hall–Kier alpha value is 0.573. The minimum atomic E-state index is 0. The van der Waals surface area contributed by atoms with Crippen LogP contribution in [0.5, 0.6) is 0 Å². The monoisotopic (exact) mass is 310 g/mol. The van der Waals surface area contributed by atoms with Gasteiger partial charge in [-0.15, -0.1) is 0 Å². The molecule has 1 aromatic carbocycles. The maximum atomic E-state index is 2.20. The van der Waals surface area contributed by atoms with Gasteiger partial charge in [0, 0.05) is 0 Å². The van der Waals surface area contributed by atoms with Gasteiger partial charge < -0.3 is 24.0 Å². The van der Waals surface area contributed by atoms with E-state index in [2.05, 4.69) is 30.3 Å². The van der Waals surface area contributed by atoms with E-state index in [-0.39, 0.29) is 24.0 Å². The summed E-state index contributed by atoms with van der Waals surface area (Å²) in [6.07, 6.45) is 2.63. The Morgan fingerprint density at radius 3 is 2.27 bits per heavy atom. The third-order valence-corrected chi connectivity index (χ3v) is 2.61. The van der Waals surface area contributed by atoms with E-state index in [1.165, 1.54) is 41.7 Å². The van der Waals surface area contributed by atoms with Crippen LogP contribution < -0.4 is 24.0 Å². The summed E-state index contributed by atoms with van der Waals surface area (Å²) in [4.78, 5) is 0. The fraction of sp³-hybridized carbons (Fsp3) is 0.333. The molecule has 0 N–H and O–H groups in total. The Labute approximate surface area is 95.5 Å². The van der Waals surface area contributed by atoms with Crippen LogP contribution in [0.4, 0.5) is 0 Å². The fourth-order valence-electron chi connectivity index (χ4n) is 0.974. The summed E-state index contributed by atoms with van der Waals surface area (Å²) in [6, 6.07) is 10.7. The average Bonchev–Trinajstić information content (AvgIpc) is 2.03. The molecule has 0 aromatic heterocycles. The van der Waals surface area contributed by atoms with Crippen LogP contribution in [0, 0.1) is 0 Å². The summed E-state index contributed by atoms with van der Waals surface area (Å²) < 4.78 is 0. The number of hydrogen-bond donors (Lipinski definition) is 0. The van der Waals surface area contributed by atoms with Crippen LogP contribution in [0.1, 0.15) is 12.0 Å². The molecule has 11 heavy (non-hydrogen) atoms. The molecule has 0 aliphatic carbocycles. The van der Waals surface area contributed by atoms with E-state index in [1.54, 1.807) is 0 Å². The predicted octanol–water partition coefficient (Wildman–Crippen LogP) is -0.412. The Morgan fingerprint density at radius 2 is 1.73 bits per heavy atom. The molecule has 0 unspecified atom stereocenters. The summed E-state index contributed by atoms with van der Waals surface area (Å²) in [6.45, 7) is 0. The van der Waals surface area contributed by atoms with Gasteiger partial charge in [0.15, 0.2) is 0 Å². The van der Waals surface area contributed by atoms with Crippen LogP contribution >= 0.6 is 0 Å². The second-order valence-corrected chi connectivity index (χ2v) is 3.93. The zero-order chi connectivity index (χ0) is 7.23. The van der Waals surface area contributed by atoms with E-state index in [0.29, 0.717) is 0 Å². The van der Waals surface area contributed by atoms with Crippen molar-refractivity contribution in [1.82, 2.24) is 0 Å². The van der Waals surface area contributed by atoms with Crippen LogP contribution in [-0.4, -0.2) is 0 Å². The zero-order valence-corrected chi connectivity index (χ0v) is 11.7. The predicted molar refractivity (Wildman–Crippen MR) is 39.6 cm³/mol. The molecule has 0 amide bonds. The third-order valence-electron chi connectivity index (χ3n) is 1.56. The fourth-order valence-corrected chi connectivity index (χ4v) is 1.50. The van der Waals surface area contributed by atoms with Crippen LogP contribution in [0.3, 0.4) is 0 Å². The summed E-state index contributed by atoms with van der Waals surface area (Å²) in [5.74, 6) is 0. The summed E-state index contributed by atoms with van der Waals surface area (Å²) in [5.41, 5.74) is 1.48. The number of rotatable bonds is 3. The Bertz CT molecular complexity index is 174. The topological polar surface area (TPSA) is 0 Å². The first-order chi connectivity index (χ1) is 4.93. The quantitative estimate of drug-likeness (QED) is 0.526. The second kappa shape index (κ2) is 7.23. The number of halogens is 1. The van der Waals surface area contributed by atoms with Crippen molar-refractivity contribution in [3.05, 3.63) is 35.9 Å². The first-order valence-corrected chi connectivity index (χ1v) is 5.86. The van der Waals surface area contributed by atoms with Crippen LogP contribution in [0.25, 0.3) is 0 Å². The molecule has 0 aliphatic rings. The van der Waals surface area contributed by atoms with Gasteiger partial charge in [-0.05, 0) is 0 Å².